The van der Waals surface area contributed by atoms with Crippen molar-refractivity contribution in [3.63, 3.8) is 0 Å². The molecule has 0 unspecified atom stereocenters. The predicted molar refractivity (Wildman–Crippen MR) is 115 cm³/mol. The number of amides is 1. The van der Waals surface area contributed by atoms with Gasteiger partial charge in [0.1, 0.15) is 12.1 Å². The molecule has 162 valence electrons. The predicted octanol–water partition coefficient (Wildman–Crippen LogP) is 2.78. The van der Waals surface area contributed by atoms with Gasteiger partial charge in [-0.15, -0.1) is 5.10 Å². The fourth-order valence-electron chi connectivity index (χ4n) is 2.89. The second-order valence-corrected chi connectivity index (χ2v) is 8.46. The van der Waals surface area contributed by atoms with Crippen molar-refractivity contribution in [3.05, 3.63) is 90.5 Å². The van der Waals surface area contributed by atoms with Crippen LogP contribution in [0.3, 0.4) is 0 Å². The van der Waals surface area contributed by atoms with E-state index in [1.165, 1.54) is 23.1 Å². The molecule has 2 N–H and O–H groups in total. The molecule has 1 aromatic heterocycles. The Balaban J connectivity index is 1.35. The highest BCUT2D eigenvalue weighted by molar-refractivity contribution is 7.92. The van der Waals surface area contributed by atoms with E-state index in [2.05, 4.69) is 25.6 Å². The number of tetrazole rings is 1. The third-order valence-corrected chi connectivity index (χ3v) is 5.86. The standard InChI is InChI=1S/C21H17FN6O3S/c22-16-3-11-20(12-4-16)32(30,31)25-18-5-1-15(2-6-18)13-21(29)24-17-7-9-19(10-8-17)28-14-23-26-27-28/h1-12,14,25H,13H2,(H,24,29). The van der Waals surface area contributed by atoms with Crippen LogP contribution in [-0.2, 0) is 21.2 Å². The van der Waals surface area contributed by atoms with Crippen molar-refractivity contribution in [1.29, 1.82) is 0 Å². The normalized spacial score (nSPS) is 11.2. The second-order valence-electron chi connectivity index (χ2n) is 6.78. The largest absolute Gasteiger partial charge is 0.326 e. The van der Waals surface area contributed by atoms with Crippen LogP contribution in [0.4, 0.5) is 15.8 Å². The van der Waals surface area contributed by atoms with Crippen molar-refractivity contribution in [2.45, 2.75) is 11.3 Å². The number of aromatic nitrogens is 4. The summed E-state index contributed by atoms with van der Waals surface area (Å²) in [5.74, 6) is -0.741. The van der Waals surface area contributed by atoms with Crippen LogP contribution >= 0.6 is 0 Å². The number of rotatable bonds is 7. The zero-order chi connectivity index (χ0) is 22.6. The summed E-state index contributed by atoms with van der Waals surface area (Å²) in [6, 6.07) is 18.0. The molecule has 4 rings (SSSR count). The summed E-state index contributed by atoms with van der Waals surface area (Å²) in [5.41, 5.74) is 2.41. The SMILES string of the molecule is O=C(Cc1ccc(NS(=O)(=O)c2ccc(F)cc2)cc1)Nc1ccc(-n2cnnn2)cc1. The monoisotopic (exact) mass is 452 g/mol. The van der Waals surface area contributed by atoms with Crippen molar-refractivity contribution in [2.24, 2.45) is 0 Å². The van der Waals surface area contributed by atoms with E-state index in [-0.39, 0.29) is 17.2 Å². The molecule has 0 atom stereocenters. The summed E-state index contributed by atoms with van der Waals surface area (Å²) >= 11 is 0. The summed E-state index contributed by atoms with van der Waals surface area (Å²) < 4.78 is 41.7. The van der Waals surface area contributed by atoms with Crippen molar-refractivity contribution in [3.8, 4) is 5.69 Å². The first-order chi connectivity index (χ1) is 15.4. The van der Waals surface area contributed by atoms with Crippen LogP contribution in [-0.4, -0.2) is 34.5 Å². The van der Waals surface area contributed by atoms with Gasteiger partial charge in [-0.2, -0.15) is 0 Å². The first kappa shape index (κ1) is 21.1. The molecule has 0 fully saturated rings. The van der Waals surface area contributed by atoms with Gasteiger partial charge in [0.15, 0.2) is 0 Å². The van der Waals surface area contributed by atoms with Crippen LogP contribution in [0.15, 0.2) is 84.0 Å². The molecule has 4 aromatic rings. The quantitative estimate of drug-likeness (QED) is 0.445. The second kappa shape index (κ2) is 8.94. The van der Waals surface area contributed by atoms with E-state index < -0.39 is 15.8 Å². The molecular weight excluding hydrogens is 435 g/mol. The van der Waals surface area contributed by atoms with Gasteiger partial charge in [0.2, 0.25) is 5.91 Å². The Morgan fingerprint density at radius 1 is 0.906 bits per heavy atom. The molecule has 0 saturated heterocycles. The van der Waals surface area contributed by atoms with E-state index in [4.69, 9.17) is 0 Å². The van der Waals surface area contributed by atoms with E-state index in [0.29, 0.717) is 16.9 Å². The van der Waals surface area contributed by atoms with Gasteiger partial charge in [-0.25, -0.2) is 17.5 Å². The van der Waals surface area contributed by atoms with Crippen molar-refractivity contribution < 1.29 is 17.6 Å². The molecule has 11 heteroatoms. The number of anilines is 2. The minimum atomic E-state index is -3.84. The first-order valence-electron chi connectivity index (χ1n) is 9.40. The van der Waals surface area contributed by atoms with E-state index >= 15 is 0 Å². The minimum Gasteiger partial charge on any atom is -0.326 e. The zero-order valence-electron chi connectivity index (χ0n) is 16.5. The van der Waals surface area contributed by atoms with Gasteiger partial charge in [-0.1, -0.05) is 12.1 Å². The van der Waals surface area contributed by atoms with Crippen LogP contribution < -0.4 is 10.0 Å². The number of carbonyl (C=O) groups is 1. The highest BCUT2D eigenvalue weighted by Gasteiger charge is 2.14. The molecule has 0 spiro atoms. The minimum absolute atomic E-state index is 0.0477. The summed E-state index contributed by atoms with van der Waals surface area (Å²) in [5, 5.41) is 13.7. The summed E-state index contributed by atoms with van der Waals surface area (Å²) in [7, 11) is -3.84. The molecule has 0 radical (unpaired) electrons. The summed E-state index contributed by atoms with van der Waals surface area (Å²) in [4.78, 5) is 12.3. The fourth-order valence-corrected chi connectivity index (χ4v) is 3.94. The third-order valence-electron chi connectivity index (χ3n) is 4.46. The van der Waals surface area contributed by atoms with Crippen LogP contribution in [0, 0.1) is 5.82 Å². The van der Waals surface area contributed by atoms with Crippen molar-refractivity contribution in [2.75, 3.05) is 10.0 Å². The molecule has 0 saturated carbocycles. The Bertz CT molecular complexity index is 1310. The number of halogens is 1. The Morgan fingerprint density at radius 3 is 2.19 bits per heavy atom. The van der Waals surface area contributed by atoms with Crippen LogP contribution in [0.25, 0.3) is 5.69 Å². The molecule has 0 aliphatic heterocycles. The zero-order valence-corrected chi connectivity index (χ0v) is 17.3. The van der Waals surface area contributed by atoms with E-state index in [1.54, 1.807) is 48.5 Å². The number of benzene rings is 3. The van der Waals surface area contributed by atoms with Gasteiger partial charge < -0.3 is 5.32 Å². The number of nitrogens with one attached hydrogen (secondary N) is 2. The molecule has 32 heavy (non-hydrogen) atoms. The molecule has 1 amide bonds. The first-order valence-corrected chi connectivity index (χ1v) is 10.9. The molecular formula is C21H17FN6O3S. The fraction of sp³-hybridized carbons (Fsp3) is 0.0476. The van der Waals surface area contributed by atoms with E-state index in [9.17, 15) is 17.6 Å². The molecule has 0 bridgehead atoms. The topological polar surface area (TPSA) is 119 Å². The maximum atomic E-state index is 13.0. The van der Waals surface area contributed by atoms with Gasteiger partial charge in [0, 0.05) is 11.4 Å². The van der Waals surface area contributed by atoms with Gasteiger partial charge >= 0.3 is 0 Å². The van der Waals surface area contributed by atoms with Gasteiger partial charge in [0.25, 0.3) is 10.0 Å². The third kappa shape index (κ3) is 5.13. The number of carbonyl (C=O) groups excluding carboxylic acids is 1. The highest BCUT2D eigenvalue weighted by atomic mass is 32.2. The lowest BCUT2D eigenvalue weighted by atomic mass is 10.1. The maximum absolute atomic E-state index is 13.0. The van der Waals surface area contributed by atoms with Crippen LogP contribution in [0.2, 0.25) is 0 Å². The van der Waals surface area contributed by atoms with Gasteiger partial charge in [0.05, 0.1) is 17.0 Å². The Labute approximate surface area is 183 Å². The maximum Gasteiger partial charge on any atom is 0.261 e. The lowest BCUT2D eigenvalue weighted by Crippen LogP contribution is -2.15. The number of hydrogen-bond acceptors (Lipinski definition) is 6. The highest BCUT2D eigenvalue weighted by Crippen LogP contribution is 2.18. The van der Waals surface area contributed by atoms with Gasteiger partial charge in [-0.3, -0.25) is 9.52 Å². The average Bonchev–Trinajstić information content (AvgIpc) is 3.31. The van der Waals surface area contributed by atoms with Crippen molar-refractivity contribution in [1.82, 2.24) is 20.2 Å². The molecule has 1 heterocycles. The Kier molecular flexibility index (Phi) is 5.90. The van der Waals surface area contributed by atoms with E-state index in [0.717, 1.165) is 17.8 Å². The lowest BCUT2D eigenvalue weighted by molar-refractivity contribution is -0.115. The molecule has 0 aliphatic rings. The summed E-state index contributed by atoms with van der Waals surface area (Å²) in [6.07, 6.45) is 1.58. The Morgan fingerprint density at radius 2 is 1.56 bits per heavy atom. The van der Waals surface area contributed by atoms with Crippen LogP contribution in [0.1, 0.15) is 5.56 Å². The van der Waals surface area contributed by atoms with Crippen molar-refractivity contribution >= 4 is 27.3 Å². The van der Waals surface area contributed by atoms with Gasteiger partial charge in [-0.05, 0) is 76.7 Å². The number of hydrogen-bond donors (Lipinski definition) is 2. The van der Waals surface area contributed by atoms with Crippen LogP contribution in [0.5, 0.6) is 0 Å². The number of sulfonamides is 1. The Hall–Kier alpha value is -4.12. The molecule has 3 aromatic carbocycles. The smallest absolute Gasteiger partial charge is 0.261 e. The number of nitrogens with zero attached hydrogens (tertiary/aromatic N) is 4. The summed E-state index contributed by atoms with van der Waals surface area (Å²) in [6.45, 7) is 0. The van der Waals surface area contributed by atoms with E-state index in [1.807, 2.05) is 0 Å². The lowest BCUT2D eigenvalue weighted by Gasteiger charge is -2.09. The average molecular weight is 452 g/mol. The molecule has 9 nitrogen and oxygen atoms in total. The molecule has 0 aliphatic carbocycles.